The third kappa shape index (κ3) is 16.5. The standard InChI is InChI=1S/C22H41NO4/c1-3-5-7-9-11-15-21(16-12-10-8-6-4-2)27-22(26)19-23(20-25)17-13-14-18-24/h18,20-21H,3-17,19H2,1-2H3. The third-order valence-electron chi connectivity index (χ3n) is 4.81. The van der Waals surface area contributed by atoms with Crippen LogP contribution in [-0.2, 0) is 19.1 Å². The summed E-state index contributed by atoms with van der Waals surface area (Å²) in [4.78, 5) is 35.1. The Hall–Kier alpha value is -1.39. The van der Waals surface area contributed by atoms with Crippen molar-refractivity contribution >= 4 is 18.7 Å². The van der Waals surface area contributed by atoms with Gasteiger partial charge in [-0.15, -0.1) is 0 Å². The van der Waals surface area contributed by atoms with E-state index in [1.54, 1.807) is 0 Å². The Bertz CT molecular complexity index is 359. The van der Waals surface area contributed by atoms with Crippen LogP contribution in [0.25, 0.3) is 0 Å². The molecule has 5 heteroatoms. The number of esters is 1. The summed E-state index contributed by atoms with van der Waals surface area (Å²) in [7, 11) is 0. The first-order chi connectivity index (χ1) is 13.2. The Morgan fingerprint density at radius 3 is 1.89 bits per heavy atom. The monoisotopic (exact) mass is 383 g/mol. The van der Waals surface area contributed by atoms with Crippen molar-refractivity contribution in [2.75, 3.05) is 13.1 Å². The molecule has 0 aliphatic rings. The molecule has 0 aliphatic carbocycles. The van der Waals surface area contributed by atoms with Gasteiger partial charge in [0.05, 0.1) is 0 Å². The van der Waals surface area contributed by atoms with E-state index in [0.717, 1.165) is 32.0 Å². The van der Waals surface area contributed by atoms with Gasteiger partial charge >= 0.3 is 5.97 Å². The highest BCUT2D eigenvalue weighted by atomic mass is 16.5. The lowest BCUT2D eigenvalue weighted by molar-refractivity contribution is -0.152. The molecule has 0 aromatic carbocycles. The molecule has 27 heavy (non-hydrogen) atoms. The number of nitrogens with zero attached hydrogens (tertiary/aromatic N) is 1. The summed E-state index contributed by atoms with van der Waals surface area (Å²) in [6, 6.07) is 0. The minimum atomic E-state index is -0.333. The lowest BCUT2D eigenvalue weighted by Gasteiger charge is -2.21. The molecule has 158 valence electrons. The van der Waals surface area contributed by atoms with Crippen LogP contribution in [0.5, 0.6) is 0 Å². The number of amides is 1. The van der Waals surface area contributed by atoms with Crippen molar-refractivity contribution < 1.29 is 19.1 Å². The van der Waals surface area contributed by atoms with Crippen LogP contribution in [0.4, 0.5) is 0 Å². The average Bonchev–Trinajstić information content (AvgIpc) is 2.66. The topological polar surface area (TPSA) is 63.7 Å². The number of rotatable bonds is 20. The van der Waals surface area contributed by atoms with E-state index < -0.39 is 0 Å². The van der Waals surface area contributed by atoms with Crippen molar-refractivity contribution in [3.8, 4) is 0 Å². The van der Waals surface area contributed by atoms with Crippen molar-refractivity contribution in [1.29, 1.82) is 0 Å². The summed E-state index contributed by atoms with van der Waals surface area (Å²) in [6.45, 7) is 4.80. The second-order valence-corrected chi connectivity index (χ2v) is 7.40. The fourth-order valence-electron chi connectivity index (χ4n) is 3.15. The number of hydrogen-bond acceptors (Lipinski definition) is 4. The number of ether oxygens (including phenoxy) is 1. The van der Waals surface area contributed by atoms with Gasteiger partial charge in [-0.05, 0) is 32.1 Å². The van der Waals surface area contributed by atoms with Crippen molar-refractivity contribution in [2.45, 2.75) is 110 Å². The highest BCUT2D eigenvalue weighted by molar-refractivity contribution is 5.74. The first kappa shape index (κ1) is 25.6. The fourth-order valence-corrected chi connectivity index (χ4v) is 3.15. The molecule has 0 unspecified atom stereocenters. The molecule has 0 saturated heterocycles. The van der Waals surface area contributed by atoms with E-state index in [4.69, 9.17) is 4.74 Å². The zero-order valence-corrected chi connectivity index (χ0v) is 17.6. The minimum absolute atomic E-state index is 0.0233. The largest absolute Gasteiger partial charge is 0.461 e. The molecular weight excluding hydrogens is 342 g/mol. The first-order valence-corrected chi connectivity index (χ1v) is 11.0. The maximum absolute atomic E-state index is 12.2. The van der Waals surface area contributed by atoms with Crippen LogP contribution >= 0.6 is 0 Å². The summed E-state index contributed by atoms with van der Waals surface area (Å²) in [5, 5.41) is 0. The van der Waals surface area contributed by atoms with Crippen LogP contribution < -0.4 is 0 Å². The molecular formula is C22H41NO4. The maximum Gasteiger partial charge on any atom is 0.325 e. The van der Waals surface area contributed by atoms with Crippen LogP contribution in [0.2, 0.25) is 0 Å². The summed E-state index contributed by atoms with van der Waals surface area (Å²) in [5.41, 5.74) is 0. The molecule has 0 aromatic heterocycles. The molecule has 0 rings (SSSR count). The van der Waals surface area contributed by atoms with Gasteiger partial charge in [-0.25, -0.2) is 0 Å². The molecule has 5 nitrogen and oxygen atoms in total. The average molecular weight is 384 g/mol. The highest BCUT2D eigenvalue weighted by Gasteiger charge is 2.16. The molecule has 0 fully saturated rings. The fraction of sp³-hybridized carbons (Fsp3) is 0.864. The molecule has 0 heterocycles. The molecule has 0 atom stereocenters. The first-order valence-electron chi connectivity index (χ1n) is 11.0. The van der Waals surface area contributed by atoms with E-state index in [-0.39, 0.29) is 18.6 Å². The highest BCUT2D eigenvalue weighted by Crippen LogP contribution is 2.16. The zero-order valence-electron chi connectivity index (χ0n) is 17.6. The number of unbranched alkanes of at least 4 members (excludes halogenated alkanes) is 9. The molecule has 0 bridgehead atoms. The maximum atomic E-state index is 12.2. The third-order valence-corrected chi connectivity index (χ3v) is 4.81. The number of aldehydes is 1. The second kappa shape index (κ2) is 19.4. The van der Waals surface area contributed by atoms with Gasteiger partial charge in [0.2, 0.25) is 6.41 Å². The van der Waals surface area contributed by atoms with E-state index in [0.29, 0.717) is 25.8 Å². The van der Waals surface area contributed by atoms with Crippen LogP contribution in [0.1, 0.15) is 104 Å². The quantitative estimate of drug-likeness (QED) is 0.167. The van der Waals surface area contributed by atoms with E-state index in [1.807, 2.05) is 0 Å². The second-order valence-electron chi connectivity index (χ2n) is 7.40. The number of carbonyl (C=O) groups excluding carboxylic acids is 3. The zero-order chi connectivity index (χ0) is 20.2. The van der Waals surface area contributed by atoms with Gasteiger partial charge in [-0.2, -0.15) is 0 Å². The van der Waals surface area contributed by atoms with Crippen LogP contribution in [0.15, 0.2) is 0 Å². The Kier molecular flexibility index (Phi) is 18.4. The van der Waals surface area contributed by atoms with Crippen molar-refractivity contribution in [3.63, 3.8) is 0 Å². The van der Waals surface area contributed by atoms with Crippen LogP contribution in [0, 0.1) is 0 Å². The minimum Gasteiger partial charge on any atom is -0.461 e. The van der Waals surface area contributed by atoms with Gasteiger partial charge in [-0.3, -0.25) is 9.59 Å². The van der Waals surface area contributed by atoms with E-state index >= 15 is 0 Å². The van der Waals surface area contributed by atoms with Gasteiger partial charge in [0, 0.05) is 13.0 Å². The van der Waals surface area contributed by atoms with E-state index in [1.165, 1.54) is 56.3 Å². The van der Waals surface area contributed by atoms with Crippen LogP contribution in [-0.4, -0.2) is 42.8 Å². The molecule has 0 radical (unpaired) electrons. The normalized spacial score (nSPS) is 10.8. The Morgan fingerprint density at radius 1 is 0.852 bits per heavy atom. The van der Waals surface area contributed by atoms with Gasteiger partial charge < -0.3 is 14.4 Å². The Morgan fingerprint density at radius 2 is 1.41 bits per heavy atom. The summed E-state index contributed by atoms with van der Waals surface area (Å²) >= 11 is 0. The van der Waals surface area contributed by atoms with Gasteiger partial charge in [-0.1, -0.05) is 65.2 Å². The van der Waals surface area contributed by atoms with Crippen LogP contribution in [0.3, 0.4) is 0 Å². The van der Waals surface area contributed by atoms with Crippen molar-refractivity contribution in [2.24, 2.45) is 0 Å². The van der Waals surface area contributed by atoms with Crippen molar-refractivity contribution in [3.05, 3.63) is 0 Å². The van der Waals surface area contributed by atoms with Gasteiger partial charge in [0.15, 0.2) is 0 Å². The SMILES string of the molecule is CCCCCCCC(CCCCCCC)OC(=O)CN(C=O)CCCC=O. The molecule has 0 spiro atoms. The molecule has 0 aliphatic heterocycles. The predicted molar refractivity (Wildman–Crippen MR) is 110 cm³/mol. The van der Waals surface area contributed by atoms with Crippen molar-refractivity contribution in [1.82, 2.24) is 4.90 Å². The Balaban J connectivity index is 4.30. The van der Waals surface area contributed by atoms with Gasteiger partial charge in [0.25, 0.3) is 0 Å². The smallest absolute Gasteiger partial charge is 0.325 e. The summed E-state index contributed by atoms with van der Waals surface area (Å²) < 4.78 is 5.69. The molecule has 0 N–H and O–H groups in total. The molecule has 1 amide bonds. The molecule has 0 saturated carbocycles. The predicted octanol–water partition coefficient (Wildman–Crippen LogP) is 5.06. The Labute approximate surface area is 166 Å². The van der Waals surface area contributed by atoms with E-state index in [9.17, 15) is 14.4 Å². The number of hydrogen-bond donors (Lipinski definition) is 0. The summed E-state index contributed by atoms with van der Waals surface area (Å²) in [6.07, 6.45) is 16.2. The molecule has 0 aromatic rings. The lowest BCUT2D eigenvalue weighted by Crippen LogP contribution is -2.33. The number of carbonyl (C=O) groups is 3. The van der Waals surface area contributed by atoms with E-state index in [2.05, 4.69) is 13.8 Å². The summed E-state index contributed by atoms with van der Waals surface area (Å²) in [5.74, 6) is -0.333. The lowest BCUT2D eigenvalue weighted by atomic mass is 10.0. The van der Waals surface area contributed by atoms with Gasteiger partial charge in [0.1, 0.15) is 18.9 Å².